The van der Waals surface area contributed by atoms with Crippen molar-refractivity contribution in [2.45, 2.75) is 24.8 Å². The summed E-state index contributed by atoms with van der Waals surface area (Å²) in [7, 11) is 1.58. The second-order valence-electron chi connectivity index (χ2n) is 3.42. The molecule has 0 radical (unpaired) electrons. The molecule has 0 saturated carbocycles. The maximum absolute atomic E-state index is 11.2. The second kappa shape index (κ2) is 4.89. The molecule has 0 N–H and O–H groups in total. The third kappa shape index (κ3) is 3.25. The van der Waals surface area contributed by atoms with Gasteiger partial charge in [0.1, 0.15) is 11.9 Å². The lowest BCUT2D eigenvalue weighted by molar-refractivity contribution is 0.270. The molecule has 0 aliphatic heterocycles. The topological polar surface area (TPSA) is 43.4 Å². The normalized spacial score (nSPS) is 13.2. The van der Waals surface area contributed by atoms with E-state index in [0.717, 1.165) is 0 Å². The molecule has 0 aliphatic rings. The van der Waals surface area contributed by atoms with Crippen LogP contribution in [-0.2, 0) is 9.05 Å². The number of halogens is 1. The van der Waals surface area contributed by atoms with Gasteiger partial charge in [0.15, 0.2) is 0 Å². The fourth-order valence-corrected chi connectivity index (χ4v) is 2.43. The summed E-state index contributed by atoms with van der Waals surface area (Å²) >= 11 is 0. The summed E-state index contributed by atoms with van der Waals surface area (Å²) in [6, 6.07) is 4.64. The van der Waals surface area contributed by atoms with E-state index in [9.17, 15) is 8.42 Å². The predicted molar refractivity (Wildman–Crippen MR) is 64.5 cm³/mol. The van der Waals surface area contributed by atoms with Crippen molar-refractivity contribution < 1.29 is 13.2 Å². The van der Waals surface area contributed by atoms with Crippen molar-refractivity contribution in [1.29, 1.82) is 0 Å². The van der Waals surface area contributed by atoms with E-state index in [2.05, 4.69) is 6.58 Å². The first-order valence-electron chi connectivity index (χ1n) is 4.69. The minimum Gasteiger partial charge on any atom is -0.487 e. The lowest BCUT2D eigenvalue weighted by atomic mass is 10.2. The van der Waals surface area contributed by atoms with Crippen LogP contribution in [0.2, 0.25) is 0 Å². The summed E-state index contributed by atoms with van der Waals surface area (Å²) in [5, 5.41) is 0. The Morgan fingerprint density at radius 1 is 1.50 bits per heavy atom. The molecule has 0 saturated heterocycles. The highest BCUT2D eigenvalue weighted by atomic mass is 35.7. The van der Waals surface area contributed by atoms with Crippen molar-refractivity contribution in [2.24, 2.45) is 0 Å². The number of hydrogen-bond donors (Lipinski definition) is 0. The first-order chi connectivity index (χ1) is 7.34. The van der Waals surface area contributed by atoms with Crippen molar-refractivity contribution >= 4 is 19.7 Å². The molecule has 0 aromatic heterocycles. The Morgan fingerprint density at radius 2 is 2.12 bits per heavy atom. The van der Waals surface area contributed by atoms with Crippen LogP contribution in [0.4, 0.5) is 0 Å². The van der Waals surface area contributed by atoms with Gasteiger partial charge in [0, 0.05) is 10.7 Å². The van der Waals surface area contributed by atoms with E-state index in [1.54, 1.807) is 25.1 Å². The molecule has 0 heterocycles. The van der Waals surface area contributed by atoms with Gasteiger partial charge in [-0.1, -0.05) is 12.7 Å². The van der Waals surface area contributed by atoms with Gasteiger partial charge in [-0.3, -0.25) is 0 Å². The number of rotatable bonds is 4. The van der Waals surface area contributed by atoms with Crippen molar-refractivity contribution in [3.63, 3.8) is 0 Å². The summed E-state index contributed by atoms with van der Waals surface area (Å²) in [5.41, 5.74) is 0.559. The number of hydrogen-bond acceptors (Lipinski definition) is 3. The van der Waals surface area contributed by atoms with E-state index >= 15 is 0 Å². The Labute approximate surface area is 100 Å². The molecule has 0 aliphatic carbocycles. The average molecular weight is 261 g/mol. The molecule has 1 unspecified atom stereocenters. The van der Waals surface area contributed by atoms with Crippen LogP contribution in [0.25, 0.3) is 0 Å². The molecule has 0 fully saturated rings. The zero-order valence-electron chi connectivity index (χ0n) is 9.10. The molecular weight excluding hydrogens is 248 g/mol. The highest BCUT2D eigenvalue weighted by Crippen LogP contribution is 2.24. The van der Waals surface area contributed by atoms with E-state index in [1.165, 1.54) is 6.07 Å². The second-order valence-corrected chi connectivity index (χ2v) is 5.96. The van der Waals surface area contributed by atoms with Gasteiger partial charge in [0.05, 0.1) is 4.90 Å². The van der Waals surface area contributed by atoms with Gasteiger partial charge in [-0.25, -0.2) is 8.42 Å². The van der Waals surface area contributed by atoms with Crippen LogP contribution in [-0.4, -0.2) is 14.5 Å². The van der Waals surface area contributed by atoms with Crippen LogP contribution in [0.15, 0.2) is 35.7 Å². The van der Waals surface area contributed by atoms with Gasteiger partial charge in [-0.15, -0.1) is 0 Å². The van der Waals surface area contributed by atoms with E-state index < -0.39 is 9.05 Å². The van der Waals surface area contributed by atoms with Crippen LogP contribution in [0.1, 0.15) is 12.5 Å². The Morgan fingerprint density at radius 3 is 2.56 bits per heavy atom. The molecule has 0 spiro atoms. The summed E-state index contributed by atoms with van der Waals surface area (Å²) in [6.07, 6.45) is 1.53. The molecule has 0 bridgehead atoms. The maximum Gasteiger partial charge on any atom is 0.261 e. The molecule has 1 aromatic rings. The molecule has 88 valence electrons. The summed E-state index contributed by atoms with van der Waals surface area (Å²) < 4.78 is 27.8. The van der Waals surface area contributed by atoms with E-state index in [1.807, 2.05) is 6.92 Å². The molecule has 1 atom stereocenters. The first-order valence-corrected chi connectivity index (χ1v) is 7.00. The standard InChI is InChI=1S/C11H13ClO3S/c1-4-9(3)15-10-5-6-11(8(2)7-10)16(12,13)14/h4-7,9H,1H2,2-3H3. The predicted octanol–water partition coefficient (Wildman–Crippen LogP) is 2.88. The van der Waals surface area contributed by atoms with Crippen molar-refractivity contribution in [3.8, 4) is 5.75 Å². The van der Waals surface area contributed by atoms with Crippen molar-refractivity contribution in [2.75, 3.05) is 0 Å². The minimum absolute atomic E-state index is 0.104. The average Bonchev–Trinajstić information content (AvgIpc) is 2.15. The Hall–Kier alpha value is -1.00. The Balaban J connectivity index is 3.05. The summed E-state index contributed by atoms with van der Waals surface area (Å²) in [4.78, 5) is 0.104. The molecule has 16 heavy (non-hydrogen) atoms. The quantitative estimate of drug-likeness (QED) is 0.618. The van der Waals surface area contributed by atoms with Gasteiger partial charge >= 0.3 is 0 Å². The van der Waals surface area contributed by atoms with Crippen LogP contribution in [0.5, 0.6) is 5.75 Å². The third-order valence-electron chi connectivity index (χ3n) is 2.06. The van der Waals surface area contributed by atoms with Crippen LogP contribution < -0.4 is 4.74 Å². The van der Waals surface area contributed by atoms with Crippen molar-refractivity contribution in [3.05, 3.63) is 36.4 Å². The van der Waals surface area contributed by atoms with Gasteiger partial charge in [-0.2, -0.15) is 0 Å². The summed E-state index contributed by atoms with van der Waals surface area (Å²) in [6.45, 7) is 7.10. The Kier molecular flexibility index (Phi) is 3.99. The van der Waals surface area contributed by atoms with E-state index in [-0.39, 0.29) is 11.0 Å². The maximum atomic E-state index is 11.2. The van der Waals surface area contributed by atoms with E-state index in [4.69, 9.17) is 15.4 Å². The minimum atomic E-state index is -3.69. The highest BCUT2D eigenvalue weighted by Gasteiger charge is 2.13. The smallest absolute Gasteiger partial charge is 0.261 e. The third-order valence-corrected chi connectivity index (χ3v) is 3.55. The lowest BCUT2D eigenvalue weighted by Gasteiger charge is -2.11. The zero-order valence-corrected chi connectivity index (χ0v) is 10.7. The molecule has 0 amide bonds. The molecule has 1 aromatic carbocycles. The number of benzene rings is 1. The monoisotopic (exact) mass is 260 g/mol. The van der Waals surface area contributed by atoms with E-state index in [0.29, 0.717) is 11.3 Å². The molecule has 5 heteroatoms. The molecule has 3 nitrogen and oxygen atoms in total. The molecular formula is C11H13ClO3S. The SMILES string of the molecule is C=CC(C)Oc1ccc(S(=O)(=O)Cl)c(C)c1. The number of ether oxygens (including phenoxy) is 1. The van der Waals surface area contributed by atoms with Gasteiger partial charge in [0.25, 0.3) is 9.05 Å². The number of aryl methyl sites for hydroxylation is 1. The zero-order chi connectivity index (χ0) is 12.3. The van der Waals surface area contributed by atoms with Crippen LogP contribution >= 0.6 is 10.7 Å². The van der Waals surface area contributed by atoms with Crippen molar-refractivity contribution in [1.82, 2.24) is 0 Å². The molecule has 1 rings (SSSR count). The fraction of sp³-hybridized carbons (Fsp3) is 0.273. The largest absolute Gasteiger partial charge is 0.487 e. The van der Waals surface area contributed by atoms with Crippen LogP contribution in [0.3, 0.4) is 0 Å². The fourth-order valence-electron chi connectivity index (χ4n) is 1.23. The van der Waals surface area contributed by atoms with Gasteiger partial charge in [-0.05, 0) is 37.6 Å². The summed E-state index contributed by atoms with van der Waals surface area (Å²) in [5.74, 6) is 0.592. The highest BCUT2D eigenvalue weighted by molar-refractivity contribution is 8.13. The van der Waals surface area contributed by atoms with Gasteiger partial charge in [0.2, 0.25) is 0 Å². The van der Waals surface area contributed by atoms with Crippen LogP contribution in [0, 0.1) is 6.92 Å². The Bertz CT molecular complexity index is 494. The lowest BCUT2D eigenvalue weighted by Crippen LogP contribution is -2.07. The first kappa shape index (κ1) is 13.1. The van der Waals surface area contributed by atoms with Gasteiger partial charge < -0.3 is 4.74 Å².